The smallest absolute Gasteiger partial charge is 0.267 e. The number of aromatic nitrogens is 1. The molecular formula is C17H12F4N4O2. The van der Waals surface area contributed by atoms with Crippen molar-refractivity contribution >= 4 is 23.2 Å². The summed E-state index contributed by atoms with van der Waals surface area (Å²) in [6, 6.07) is 5.10. The summed E-state index contributed by atoms with van der Waals surface area (Å²) in [5.41, 5.74) is -0.958. The molecule has 0 fully saturated rings. The molecule has 1 aromatic carbocycles. The molecule has 2 heterocycles. The maximum atomic E-state index is 13.9. The Bertz CT molecular complexity index is 908. The van der Waals surface area contributed by atoms with E-state index in [1.807, 2.05) is 0 Å². The summed E-state index contributed by atoms with van der Waals surface area (Å²) >= 11 is 0. The average molecular weight is 380 g/mol. The molecule has 10 heteroatoms. The highest BCUT2D eigenvalue weighted by Gasteiger charge is 2.32. The third-order valence-electron chi connectivity index (χ3n) is 3.75. The van der Waals surface area contributed by atoms with Gasteiger partial charge in [-0.2, -0.15) is 10.1 Å². The highest BCUT2D eigenvalue weighted by Crippen LogP contribution is 2.30. The summed E-state index contributed by atoms with van der Waals surface area (Å²) in [5, 5.41) is 6.28. The number of hydrogen-bond donors (Lipinski definition) is 1. The monoisotopic (exact) mass is 380 g/mol. The molecule has 2 aromatic rings. The Morgan fingerprint density at radius 2 is 1.81 bits per heavy atom. The van der Waals surface area contributed by atoms with Crippen molar-refractivity contribution in [3.63, 3.8) is 0 Å². The lowest BCUT2D eigenvalue weighted by molar-refractivity contribution is -0.119. The van der Waals surface area contributed by atoms with E-state index < -0.39 is 40.8 Å². The fourth-order valence-corrected chi connectivity index (χ4v) is 2.41. The lowest BCUT2D eigenvalue weighted by Gasteiger charge is -2.24. The SMILES string of the molecule is O=C(NCc1ccccn1)C1=NN(c2c(F)c(F)cc(F)c2F)C(=O)CC1. The molecule has 3 rings (SSSR count). The van der Waals surface area contributed by atoms with Gasteiger partial charge in [-0.3, -0.25) is 14.6 Å². The standard InChI is InChI=1S/C17H12F4N4O2/c18-10-7-11(19)15(21)16(14(10)20)25-13(26)5-4-12(24-25)17(27)23-8-9-3-1-2-6-22-9/h1-3,6-7H,4-5,8H2,(H,23,27). The van der Waals surface area contributed by atoms with Crippen LogP contribution in [0.15, 0.2) is 35.6 Å². The number of amides is 2. The zero-order valence-electron chi connectivity index (χ0n) is 13.7. The minimum atomic E-state index is -1.78. The van der Waals surface area contributed by atoms with Crippen LogP contribution in [0, 0.1) is 23.3 Å². The Labute approximate surface area is 150 Å². The van der Waals surface area contributed by atoms with E-state index in [0.717, 1.165) is 0 Å². The second-order valence-corrected chi connectivity index (χ2v) is 5.57. The van der Waals surface area contributed by atoms with Crippen LogP contribution in [0.1, 0.15) is 18.5 Å². The number of rotatable bonds is 4. The number of nitrogens with zero attached hydrogens (tertiary/aromatic N) is 3. The van der Waals surface area contributed by atoms with Gasteiger partial charge in [0.15, 0.2) is 23.3 Å². The van der Waals surface area contributed by atoms with Crippen LogP contribution in [0.5, 0.6) is 0 Å². The second-order valence-electron chi connectivity index (χ2n) is 5.57. The van der Waals surface area contributed by atoms with Crippen LogP contribution in [0.25, 0.3) is 0 Å². The van der Waals surface area contributed by atoms with Crippen molar-refractivity contribution in [2.24, 2.45) is 5.10 Å². The van der Waals surface area contributed by atoms with E-state index in [1.54, 1.807) is 18.2 Å². The lowest BCUT2D eigenvalue weighted by Crippen LogP contribution is -2.39. The van der Waals surface area contributed by atoms with Crippen molar-refractivity contribution in [3.8, 4) is 0 Å². The van der Waals surface area contributed by atoms with E-state index in [0.29, 0.717) is 5.69 Å². The molecule has 0 atom stereocenters. The van der Waals surface area contributed by atoms with Crippen molar-refractivity contribution < 1.29 is 27.2 Å². The topological polar surface area (TPSA) is 74.7 Å². The van der Waals surface area contributed by atoms with Crippen molar-refractivity contribution in [1.29, 1.82) is 0 Å². The van der Waals surface area contributed by atoms with Gasteiger partial charge in [0.2, 0.25) is 5.91 Å². The van der Waals surface area contributed by atoms with Gasteiger partial charge in [-0.25, -0.2) is 17.6 Å². The van der Waals surface area contributed by atoms with Crippen LogP contribution < -0.4 is 10.3 Å². The van der Waals surface area contributed by atoms with E-state index >= 15 is 0 Å². The van der Waals surface area contributed by atoms with Gasteiger partial charge < -0.3 is 5.32 Å². The minimum absolute atomic E-state index is 0.0206. The maximum absolute atomic E-state index is 13.9. The van der Waals surface area contributed by atoms with Crippen molar-refractivity contribution in [2.45, 2.75) is 19.4 Å². The molecule has 0 saturated carbocycles. The molecule has 0 saturated heterocycles. The van der Waals surface area contributed by atoms with Crippen LogP contribution in [-0.4, -0.2) is 22.5 Å². The quantitative estimate of drug-likeness (QED) is 0.654. The first-order valence-electron chi connectivity index (χ1n) is 7.80. The van der Waals surface area contributed by atoms with Crippen LogP contribution in [0.3, 0.4) is 0 Å². The normalized spacial score (nSPS) is 14.1. The summed E-state index contributed by atoms with van der Waals surface area (Å²) in [4.78, 5) is 28.2. The fraction of sp³-hybridized carbons (Fsp3) is 0.176. The van der Waals surface area contributed by atoms with Crippen molar-refractivity contribution in [3.05, 3.63) is 59.4 Å². The fourth-order valence-electron chi connectivity index (χ4n) is 2.41. The molecule has 1 aliphatic rings. The molecule has 0 spiro atoms. The number of hydrogen-bond acceptors (Lipinski definition) is 4. The molecule has 1 aliphatic heterocycles. The number of pyridine rings is 1. The molecule has 1 aromatic heterocycles. The van der Waals surface area contributed by atoms with Gasteiger partial charge in [0.05, 0.1) is 12.2 Å². The van der Waals surface area contributed by atoms with E-state index in [4.69, 9.17) is 0 Å². The third kappa shape index (κ3) is 3.78. The first kappa shape index (κ1) is 18.5. The van der Waals surface area contributed by atoms with Crippen LogP contribution in [-0.2, 0) is 16.1 Å². The van der Waals surface area contributed by atoms with Crippen LogP contribution in [0.4, 0.5) is 23.2 Å². The molecule has 0 radical (unpaired) electrons. The molecule has 0 aliphatic carbocycles. The second kappa shape index (κ2) is 7.52. The number of hydrazone groups is 1. The van der Waals surface area contributed by atoms with E-state index in [1.165, 1.54) is 6.20 Å². The number of carbonyl (C=O) groups excluding carboxylic acids is 2. The third-order valence-corrected chi connectivity index (χ3v) is 3.75. The van der Waals surface area contributed by atoms with Gasteiger partial charge in [0.1, 0.15) is 11.4 Å². The van der Waals surface area contributed by atoms with E-state index in [2.05, 4.69) is 15.4 Å². The molecule has 0 bridgehead atoms. The lowest BCUT2D eigenvalue weighted by atomic mass is 10.1. The molecule has 6 nitrogen and oxygen atoms in total. The Hall–Kier alpha value is -3.30. The predicted molar refractivity (Wildman–Crippen MR) is 86.5 cm³/mol. The van der Waals surface area contributed by atoms with Gasteiger partial charge in [-0.1, -0.05) is 6.07 Å². The maximum Gasteiger partial charge on any atom is 0.267 e. The van der Waals surface area contributed by atoms with Gasteiger partial charge in [-0.15, -0.1) is 0 Å². The number of anilines is 1. The molecule has 2 amide bonds. The number of nitrogens with one attached hydrogen (secondary N) is 1. The average Bonchev–Trinajstić information content (AvgIpc) is 2.67. The highest BCUT2D eigenvalue weighted by atomic mass is 19.2. The zero-order chi connectivity index (χ0) is 19.6. The van der Waals surface area contributed by atoms with Gasteiger partial charge in [-0.05, 0) is 12.1 Å². The summed E-state index contributed by atoms with van der Waals surface area (Å²) in [6.45, 7) is 0.0595. The molecule has 1 N–H and O–H groups in total. The van der Waals surface area contributed by atoms with Gasteiger partial charge in [0.25, 0.3) is 5.91 Å². The Kier molecular flexibility index (Phi) is 5.15. The number of halogens is 4. The van der Waals surface area contributed by atoms with E-state index in [-0.39, 0.29) is 36.2 Å². The molecule has 140 valence electrons. The number of carbonyl (C=O) groups is 2. The zero-order valence-corrected chi connectivity index (χ0v) is 13.7. The van der Waals surface area contributed by atoms with Gasteiger partial charge >= 0.3 is 0 Å². The molecule has 27 heavy (non-hydrogen) atoms. The molecule has 0 unspecified atom stereocenters. The Balaban J connectivity index is 1.87. The van der Waals surface area contributed by atoms with Gasteiger partial charge in [0, 0.05) is 25.1 Å². The van der Waals surface area contributed by atoms with Crippen molar-refractivity contribution in [2.75, 3.05) is 5.01 Å². The molecular weight excluding hydrogens is 368 g/mol. The first-order valence-corrected chi connectivity index (χ1v) is 7.80. The highest BCUT2D eigenvalue weighted by molar-refractivity contribution is 6.40. The number of benzene rings is 1. The van der Waals surface area contributed by atoms with E-state index in [9.17, 15) is 27.2 Å². The summed E-state index contributed by atoms with van der Waals surface area (Å²) in [5.74, 6) is -8.52. The summed E-state index contributed by atoms with van der Waals surface area (Å²) < 4.78 is 54.7. The largest absolute Gasteiger partial charge is 0.345 e. The summed E-state index contributed by atoms with van der Waals surface area (Å²) in [6.07, 6.45) is 1.13. The van der Waals surface area contributed by atoms with Crippen LogP contribution >= 0.6 is 0 Å². The first-order chi connectivity index (χ1) is 12.9. The summed E-state index contributed by atoms with van der Waals surface area (Å²) in [7, 11) is 0. The Morgan fingerprint density at radius 1 is 1.11 bits per heavy atom. The predicted octanol–water partition coefficient (Wildman–Crippen LogP) is 2.44. The van der Waals surface area contributed by atoms with Crippen LogP contribution in [0.2, 0.25) is 0 Å². The van der Waals surface area contributed by atoms with Crippen molar-refractivity contribution in [1.82, 2.24) is 10.3 Å². The Morgan fingerprint density at radius 3 is 2.44 bits per heavy atom. The minimum Gasteiger partial charge on any atom is -0.345 e.